The molecule has 0 bridgehead atoms. The molecule has 0 amide bonds. The lowest BCUT2D eigenvalue weighted by Crippen LogP contribution is -2.42. The van der Waals surface area contributed by atoms with E-state index in [2.05, 4.69) is 26.0 Å². The van der Waals surface area contributed by atoms with Crippen LogP contribution in [0.15, 0.2) is 55.4 Å². The van der Waals surface area contributed by atoms with E-state index in [9.17, 15) is 10.4 Å². The minimum absolute atomic E-state index is 0.519. The molecule has 0 aromatic carbocycles. The first-order chi connectivity index (χ1) is 13.6. The number of nitriles is 1. The molecule has 3 aromatic heterocycles. The van der Waals surface area contributed by atoms with Crippen LogP contribution in [0.5, 0.6) is 0 Å². The highest BCUT2D eigenvalue weighted by Crippen LogP contribution is 2.43. The first kappa shape index (κ1) is 20.6. The van der Waals surface area contributed by atoms with E-state index in [1.54, 1.807) is 24.8 Å². The van der Waals surface area contributed by atoms with Gasteiger partial charge in [-0.15, -0.1) is 0 Å². The molecule has 3 heterocycles. The molecule has 0 aliphatic carbocycles. The molecular formula is C23H25N5O. The fourth-order valence-corrected chi connectivity index (χ4v) is 3.21. The molecule has 3 rings (SSSR count). The Balaban J connectivity index is 1.98. The summed E-state index contributed by atoms with van der Waals surface area (Å²) in [4.78, 5) is 17.2. The van der Waals surface area contributed by atoms with Crippen molar-refractivity contribution in [2.24, 2.45) is 5.41 Å². The van der Waals surface area contributed by atoms with Crippen molar-refractivity contribution in [1.29, 1.82) is 5.26 Å². The molecule has 3 aromatic rings. The van der Waals surface area contributed by atoms with Crippen molar-refractivity contribution in [3.63, 3.8) is 0 Å². The van der Waals surface area contributed by atoms with E-state index in [1.165, 1.54) is 6.33 Å². The van der Waals surface area contributed by atoms with Gasteiger partial charge in [-0.2, -0.15) is 5.26 Å². The minimum Gasteiger partial charge on any atom is -0.378 e. The molecule has 0 saturated heterocycles. The maximum atomic E-state index is 11.6. The number of hydrogen-bond donors (Lipinski definition) is 1. The monoisotopic (exact) mass is 387 g/mol. The van der Waals surface area contributed by atoms with E-state index in [4.69, 9.17) is 0 Å². The third kappa shape index (κ3) is 3.74. The van der Waals surface area contributed by atoms with Crippen LogP contribution in [0.1, 0.15) is 51.4 Å². The lowest BCUT2D eigenvalue weighted by molar-refractivity contribution is -0.0301. The molecule has 1 N–H and O–H groups in total. The molecule has 6 nitrogen and oxygen atoms in total. The Morgan fingerprint density at radius 2 is 1.52 bits per heavy atom. The molecule has 148 valence electrons. The van der Waals surface area contributed by atoms with Crippen LogP contribution in [0.4, 0.5) is 0 Å². The molecule has 0 radical (unpaired) electrons. The number of nitrogens with zero attached hydrogens (tertiary/aromatic N) is 5. The lowest BCUT2D eigenvalue weighted by Gasteiger charge is -2.39. The molecule has 1 atom stereocenters. The average Bonchev–Trinajstić information content (AvgIpc) is 2.73. The maximum absolute atomic E-state index is 11.6. The summed E-state index contributed by atoms with van der Waals surface area (Å²) < 4.78 is 0. The number of hydrogen-bond acceptors (Lipinski definition) is 6. The van der Waals surface area contributed by atoms with Crippen molar-refractivity contribution in [2.75, 3.05) is 0 Å². The van der Waals surface area contributed by atoms with Gasteiger partial charge in [0.15, 0.2) is 0 Å². The van der Waals surface area contributed by atoms with Gasteiger partial charge < -0.3 is 5.11 Å². The molecular weight excluding hydrogens is 362 g/mol. The zero-order chi connectivity index (χ0) is 21.3. The van der Waals surface area contributed by atoms with E-state index >= 15 is 0 Å². The molecule has 0 fully saturated rings. The van der Waals surface area contributed by atoms with Crippen LogP contribution in [0, 0.1) is 16.7 Å². The molecule has 0 aliphatic heterocycles. The first-order valence-corrected chi connectivity index (χ1v) is 9.42. The van der Waals surface area contributed by atoms with Crippen LogP contribution in [0.2, 0.25) is 0 Å². The fraction of sp³-hybridized carbons (Fsp3) is 0.348. The van der Waals surface area contributed by atoms with Gasteiger partial charge in [-0.25, -0.2) is 9.97 Å². The Kier molecular flexibility index (Phi) is 5.20. The number of aliphatic hydroxyl groups is 1. The van der Waals surface area contributed by atoms with Gasteiger partial charge in [0.2, 0.25) is 0 Å². The van der Waals surface area contributed by atoms with Gasteiger partial charge in [-0.1, -0.05) is 26.8 Å². The van der Waals surface area contributed by atoms with E-state index in [-0.39, 0.29) is 0 Å². The van der Waals surface area contributed by atoms with Crippen molar-refractivity contribution in [3.05, 3.63) is 72.2 Å². The van der Waals surface area contributed by atoms with Gasteiger partial charge in [-0.05, 0) is 37.6 Å². The van der Waals surface area contributed by atoms with Crippen molar-refractivity contribution in [3.8, 4) is 17.3 Å². The van der Waals surface area contributed by atoms with Crippen LogP contribution in [0.25, 0.3) is 11.3 Å². The van der Waals surface area contributed by atoms with Gasteiger partial charge >= 0.3 is 0 Å². The zero-order valence-electron chi connectivity index (χ0n) is 17.4. The van der Waals surface area contributed by atoms with Gasteiger partial charge in [-0.3, -0.25) is 9.97 Å². The van der Waals surface area contributed by atoms with Crippen molar-refractivity contribution >= 4 is 0 Å². The van der Waals surface area contributed by atoms with Gasteiger partial charge in [0.05, 0.1) is 22.9 Å². The van der Waals surface area contributed by atoms with E-state index in [0.29, 0.717) is 11.3 Å². The largest absolute Gasteiger partial charge is 0.378 e. The molecule has 6 heteroatoms. The minimum atomic E-state index is -1.35. The fourth-order valence-electron chi connectivity index (χ4n) is 3.21. The summed E-state index contributed by atoms with van der Waals surface area (Å²) in [6, 6.07) is 9.77. The average molecular weight is 387 g/mol. The molecule has 0 aliphatic rings. The van der Waals surface area contributed by atoms with Crippen LogP contribution >= 0.6 is 0 Å². The lowest BCUT2D eigenvalue weighted by atomic mass is 9.71. The highest BCUT2D eigenvalue weighted by Gasteiger charge is 2.45. The molecule has 29 heavy (non-hydrogen) atoms. The van der Waals surface area contributed by atoms with E-state index in [0.717, 1.165) is 16.8 Å². The Morgan fingerprint density at radius 3 is 2.00 bits per heavy atom. The number of rotatable bonds is 4. The second-order valence-electron chi connectivity index (χ2n) is 8.69. The maximum Gasteiger partial charge on any atom is 0.139 e. The van der Waals surface area contributed by atoms with Gasteiger partial charge in [0.25, 0.3) is 0 Å². The van der Waals surface area contributed by atoms with E-state index in [1.807, 2.05) is 58.9 Å². The second-order valence-corrected chi connectivity index (χ2v) is 8.69. The summed E-state index contributed by atoms with van der Waals surface area (Å²) >= 11 is 0. The van der Waals surface area contributed by atoms with Gasteiger partial charge in [0.1, 0.15) is 11.9 Å². The van der Waals surface area contributed by atoms with Crippen molar-refractivity contribution in [2.45, 2.75) is 45.6 Å². The second kappa shape index (κ2) is 7.34. The Hall–Kier alpha value is -3.17. The summed E-state index contributed by atoms with van der Waals surface area (Å²) in [5.74, 6) is 0. The smallest absolute Gasteiger partial charge is 0.139 e. The van der Waals surface area contributed by atoms with Crippen molar-refractivity contribution in [1.82, 2.24) is 19.9 Å². The molecule has 1 unspecified atom stereocenters. The predicted molar refractivity (Wildman–Crippen MR) is 111 cm³/mol. The number of pyridine rings is 2. The summed E-state index contributed by atoms with van der Waals surface area (Å²) in [5.41, 5.74) is 1.09. The summed E-state index contributed by atoms with van der Waals surface area (Å²) in [5, 5.41) is 20.9. The molecule has 0 spiro atoms. The highest BCUT2D eigenvalue weighted by atomic mass is 16.3. The van der Waals surface area contributed by atoms with Gasteiger partial charge in [0, 0.05) is 41.3 Å². The first-order valence-electron chi connectivity index (χ1n) is 9.42. The Labute approximate surface area is 171 Å². The third-order valence-electron chi connectivity index (χ3n) is 5.26. The number of aromatic nitrogens is 4. The quantitative estimate of drug-likeness (QED) is 0.726. The van der Waals surface area contributed by atoms with Crippen LogP contribution in [-0.4, -0.2) is 25.0 Å². The standard InChI is InChI=1S/C23H25N5O/c1-21(2,3)23(29,18-11-25-15-26-12-18)20-9-6-16(10-28-20)19-8-7-17(13-27-19)22(4,5)14-24/h6-13,15,29H,1-5H3. The summed E-state index contributed by atoms with van der Waals surface area (Å²) in [6.45, 7) is 9.58. The zero-order valence-corrected chi connectivity index (χ0v) is 17.4. The Morgan fingerprint density at radius 1 is 0.828 bits per heavy atom. The normalized spacial score (nSPS) is 14.1. The predicted octanol–water partition coefficient (Wildman–Crippen LogP) is 4.02. The van der Waals surface area contributed by atoms with Crippen LogP contribution in [-0.2, 0) is 11.0 Å². The van der Waals surface area contributed by atoms with E-state index < -0.39 is 16.4 Å². The topological polar surface area (TPSA) is 95.6 Å². The van der Waals surface area contributed by atoms with Crippen LogP contribution < -0.4 is 0 Å². The third-order valence-corrected chi connectivity index (χ3v) is 5.26. The van der Waals surface area contributed by atoms with Crippen molar-refractivity contribution < 1.29 is 5.11 Å². The van der Waals surface area contributed by atoms with Crippen LogP contribution in [0.3, 0.4) is 0 Å². The summed E-state index contributed by atoms with van der Waals surface area (Å²) in [6.07, 6.45) is 8.09. The SMILES string of the molecule is CC(C)(C#N)c1ccc(-c2ccc(C(O)(c3cncnc3)C(C)(C)C)nc2)nc1. The Bertz CT molecular complexity index is 1020. The summed E-state index contributed by atoms with van der Waals surface area (Å²) in [7, 11) is 0. The highest BCUT2D eigenvalue weighted by molar-refractivity contribution is 5.58. The molecule has 0 saturated carbocycles.